The molecular formula is C22H18N6O4. The molecule has 0 aliphatic rings. The zero-order valence-corrected chi connectivity index (χ0v) is 17.3. The Morgan fingerprint density at radius 3 is 2.34 bits per heavy atom. The van der Waals surface area contributed by atoms with Gasteiger partial charge in [-0.15, -0.1) is 5.10 Å². The molecule has 4 heterocycles. The third-order valence-electron chi connectivity index (χ3n) is 5.09. The van der Waals surface area contributed by atoms with E-state index in [4.69, 9.17) is 9.47 Å². The van der Waals surface area contributed by atoms with Gasteiger partial charge in [0.2, 0.25) is 0 Å². The molecule has 0 saturated heterocycles. The maximum absolute atomic E-state index is 13.2. The lowest BCUT2D eigenvalue weighted by Crippen LogP contribution is -2.21. The summed E-state index contributed by atoms with van der Waals surface area (Å²) in [4.78, 5) is 35.2. The van der Waals surface area contributed by atoms with Crippen LogP contribution in [0.4, 0.5) is 0 Å². The summed E-state index contributed by atoms with van der Waals surface area (Å²) in [6.45, 7) is 0.241. The average Bonchev–Trinajstić information content (AvgIpc) is 3.27. The number of aromatic nitrogens is 6. The van der Waals surface area contributed by atoms with Crippen LogP contribution in [-0.2, 0) is 11.3 Å². The minimum atomic E-state index is -0.379. The number of H-pyrrole nitrogens is 1. The highest BCUT2D eigenvalue weighted by Gasteiger charge is 2.13. The maximum atomic E-state index is 13.2. The Morgan fingerprint density at radius 2 is 1.62 bits per heavy atom. The van der Waals surface area contributed by atoms with Crippen LogP contribution in [-0.4, -0.2) is 43.5 Å². The fraction of sp³-hybridized carbons (Fsp3) is 0.136. The standard InChI is InChI=1S/C22H18N6O4/c1-31-12-19-24-22(26-25-19)28-9-7-18-16(21(28)30)11-15-17(23-18)6-8-27(20(15)29)13-4-3-5-14(10-13)32-2/h3-11H,12H2,1-2H3,(H,24,25,26). The van der Waals surface area contributed by atoms with Crippen LogP contribution in [0, 0.1) is 0 Å². The Kier molecular flexibility index (Phi) is 4.75. The van der Waals surface area contributed by atoms with Crippen molar-refractivity contribution in [1.29, 1.82) is 0 Å². The van der Waals surface area contributed by atoms with E-state index in [2.05, 4.69) is 20.2 Å². The molecule has 160 valence electrons. The highest BCUT2D eigenvalue weighted by atomic mass is 16.5. The first-order chi connectivity index (χ1) is 15.6. The molecule has 0 aliphatic heterocycles. The van der Waals surface area contributed by atoms with Gasteiger partial charge in [-0.2, -0.15) is 4.98 Å². The number of nitrogens with one attached hydrogen (secondary N) is 1. The molecular weight excluding hydrogens is 412 g/mol. The topological polar surface area (TPSA) is 117 Å². The highest BCUT2D eigenvalue weighted by Crippen LogP contribution is 2.18. The van der Waals surface area contributed by atoms with Crippen molar-refractivity contribution in [3.8, 4) is 17.4 Å². The van der Waals surface area contributed by atoms with Crippen LogP contribution in [0.2, 0.25) is 0 Å². The molecule has 0 bridgehead atoms. The second-order valence-corrected chi connectivity index (χ2v) is 7.05. The largest absolute Gasteiger partial charge is 0.497 e. The molecule has 1 N–H and O–H groups in total. The van der Waals surface area contributed by atoms with Crippen LogP contribution in [0.3, 0.4) is 0 Å². The number of nitrogens with zero attached hydrogens (tertiary/aromatic N) is 5. The number of aromatic amines is 1. The van der Waals surface area contributed by atoms with Gasteiger partial charge < -0.3 is 9.47 Å². The van der Waals surface area contributed by atoms with Crippen molar-refractivity contribution >= 4 is 21.8 Å². The first-order valence-corrected chi connectivity index (χ1v) is 9.72. The summed E-state index contributed by atoms with van der Waals surface area (Å²) in [5.41, 5.74) is 0.952. The number of hydrogen-bond acceptors (Lipinski definition) is 7. The van der Waals surface area contributed by atoms with Gasteiger partial charge in [0.15, 0.2) is 5.82 Å². The lowest BCUT2D eigenvalue weighted by atomic mass is 10.2. The number of fused-ring (bicyclic) bond motifs is 2. The fourth-order valence-electron chi connectivity index (χ4n) is 3.54. The van der Waals surface area contributed by atoms with Crippen molar-refractivity contribution in [3.05, 3.63) is 81.4 Å². The van der Waals surface area contributed by atoms with Crippen molar-refractivity contribution < 1.29 is 9.47 Å². The number of methoxy groups -OCH3 is 2. The first kappa shape index (κ1) is 19.6. The van der Waals surface area contributed by atoms with Gasteiger partial charge in [0.25, 0.3) is 17.1 Å². The number of hydrogen-bond donors (Lipinski definition) is 1. The Bertz CT molecular complexity index is 1580. The normalized spacial score (nSPS) is 11.3. The Morgan fingerprint density at radius 1 is 0.906 bits per heavy atom. The molecule has 1 aromatic carbocycles. The Hall–Kier alpha value is -4.31. The zero-order chi connectivity index (χ0) is 22.2. The van der Waals surface area contributed by atoms with Crippen LogP contribution >= 0.6 is 0 Å². The molecule has 5 rings (SSSR count). The quantitative estimate of drug-likeness (QED) is 0.424. The molecule has 32 heavy (non-hydrogen) atoms. The summed E-state index contributed by atoms with van der Waals surface area (Å²) in [5.74, 6) is 1.31. The van der Waals surface area contributed by atoms with E-state index in [0.29, 0.717) is 39.1 Å². The molecule has 0 unspecified atom stereocenters. The molecule has 10 heteroatoms. The average molecular weight is 430 g/mol. The number of ether oxygens (including phenoxy) is 2. The molecule has 4 aromatic heterocycles. The third-order valence-corrected chi connectivity index (χ3v) is 5.09. The van der Waals surface area contributed by atoms with Crippen molar-refractivity contribution in [2.45, 2.75) is 6.61 Å². The molecule has 0 fully saturated rings. The molecule has 0 atom stereocenters. The molecule has 0 spiro atoms. The monoisotopic (exact) mass is 430 g/mol. The zero-order valence-electron chi connectivity index (χ0n) is 17.3. The smallest absolute Gasteiger partial charge is 0.267 e. The van der Waals surface area contributed by atoms with E-state index in [1.165, 1.54) is 9.13 Å². The van der Waals surface area contributed by atoms with Gasteiger partial charge in [-0.1, -0.05) is 6.07 Å². The summed E-state index contributed by atoms with van der Waals surface area (Å²) in [6, 6.07) is 12.2. The van der Waals surface area contributed by atoms with E-state index in [-0.39, 0.29) is 23.7 Å². The summed E-state index contributed by atoms with van der Waals surface area (Å²) in [7, 11) is 3.11. The van der Waals surface area contributed by atoms with Crippen molar-refractivity contribution in [2.75, 3.05) is 14.2 Å². The van der Waals surface area contributed by atoms with Crippen molar-refractivity contribution in [1.82, 2.24) is 29.3 Å². The third kappa shape index (κ3) is 3.22. The van der Waals surface area contributed by atoms with Crippen LogP contribution < -0.4 is 15.9 Å². The van der Waals surface area contributed by atoms with Gasteiger partial charge >= 0.3 is 0 Å². The SMILES string of the molecule is COCc1nc(-n2ccc3nc4ccn(-c5cccc(OC)c5)c(=O)c4cc3c2=O)n[nH]1. The minimum Gasteiger partial charge on any atom is -0.497 e. The lowest BCUT2D eigenvalue weighted by molar-refractivity contribution is 0.178. The molecule has 0 saturated carbocycles. The molecule has 0 aliphatic carbocycles. The highest BCUT2D eigenvalue weighted by molar-refractivity contribution is 5.91. The Balaban J connectivity index is 1.69. The predicted octanol–water partition coefficient (Wildman–Crippen LogP) is 1.96. The fourth-order valence-corrected chi connectivity index (χ4v) is 3.54. The van der Waals surface area contributed by atoms with E-state index in [1.807, 2.05) is 0 Å². The van der Waals surface area contributed by atoms with Crippen molar-refractivity contribution in [3.63, 3.8) is 0 Å². The van der Waals surface area contributed by atoms with Crippen molar-refractivity contribution in [2.24, 2.45) is 0 Å². The van der Waals surface area contributed by atoms with Gasteiger partial charge in [0.05, 0.1) is 34.6 Å². The van der Waals surface area contributed by atoms with Gasteiger partial charge in [0.1, 0.15) is 12.4 Å². The van der Waals surface area contributed by atoms with E-state index >= 15 is 0 Å². The lowest BCUT2D eigenvalue weighted by Gasteiger charge is -2.09. The first-order valence-electron chi connectivity index (χ1n) is 9.72. The van der Waals surface area contributed by atoms with Crippen LogP contribution in [0.1, 0.15) is 5.82 Å². The van der Waals surface area contributed by atoms with Gasteiger partial charge in [-0.25, -0.2) is 9.55 Å². The summed E-state index contributed by atoms with van der Waals surface area (Å²) >= 11 is 0. The van der Waals surface area contributed by atoms with Gasteiger partial charge in [-0.05, 0) is 30.3 Å². The van der Waals surface area contributed by atoms with E-state index in [1.54, 1.807) is 69.1 Å². The predicted molar refractivity (Wildman–Crippen MR) is 118 cm³/mol. The maximum Gasteiger partial charge on any atom is 0.267 e. The summed E-state index contributed by atoms with van der Waals surface area (Å²) in [5, 5.41) is 7.42. The van der Waals surface area contributed by atoms with Crippen LogP contribution in [0.5, 0.6) is 5.75 Å². The van der Waals surface area contributed by atoms with E-state index in [9.17, 15) is 9.59 Å². The number of pyridine rings is 3. The van der Waals surface area contributed by atoms with E-state index < -0.39 is 0 Å². The molecule has 0 amide bonds. The van der Waals surface area contributed by atoms with Crippen LogP contribution in [0.15, 0.2) is 64.4 Å². The molecule has 10 nitrogen and oxygen atoms in total. The molecule has 0 radical (unpaired) electrons. The second-order valence-electron chi connectivity index (χ2n) is 7.05. The summed E-state index contributed by atoms with van der Waals surface area (Å²) in [6.07, 6.45) is 3.21. The number of rotatable bonds is 5. The second kappa shape index (κ2) is 7.75. The Labute approximate surface area is 180 Å². The van der Waals surface area contributed by atoms with Gasteiger partial charge in [-0.3, -0.25) is 19.3 Å². The van der Waals surface area contributed by atoms with E-state index in [0.717, 1.165) is 0 Å². The summed E-state index contributed by atoms with van der Waals surface area (Å²) < 4.78 is 13.1. The minimum absolute atomic E-state index is 0.186. The van der Waals surface area contributed by atoms with Gasteiger partial charge in [0, 0.05) is 25.6 Å². The number of benzene rings is 1. The molecule has 5 aromatic rings. The van der Waals surface area contributed by atoms with Crippen LogP contribution in [0.25, 0.3) is 33.4 Å².